The van der Waals surface area contributed by atoms with E-state index in [1.54, 1.807) is 26.0 Å². The standard InChI is InChI=1S/C20H20FNO5S2/c1-4-14(3)28(23,24)20-19(29(25,26)17-11-5-13(2)6-12-17)22-18(27-20)15-7-9-16(21)10-8-15/h5-12,14H,4H2,1-3H3/t14-/m0/s1. The lowest BCUT2D eigenvalue weighted by Gasteiger charge is -2.09. The van der Waals surface area contributed by atoms with E-state index in [4.69, 9.17) is 4.42 Å². The van der Waals surface area contributed by atoms with E-state index in [-0.39, 0.29) is 22.8 Å². The van der Waals surface area contributed by atoms with Crippen LogP contribution in [0.15, 0.2) is 68.0 Å². The third-order valence-electron chi connectivity index (χ3n) is 4.61. The van der Waals surface area contributed by atoms with E-state index in [1.165, 1.54) is 31.2 Å². The Balaban J connectivity index is 2.26. The van der Waals surface area contributed by atoms with Crippen LogP contribution in [0.3, 0.4) is 0 Å². The summed E-state index contributed by atoms with van der Waals surface area (Å²) >= 11 is 0. The predicted octanol–water partition coefficient (Wildman–Crippen LogP) is 4.19. The normalized spacial score (nSPS) is 13.4. The molecule has 0 fully saturated rings. The van der Waals surface area contributed by atoms with Crippen molar-refractivity contribution >= 4 is 19.7 Å². The highest BCUT2D eigenvalue weighted by molar-refractivity contribution is 7.94. The highest BCUT2D eigenvalue weighted by Crippen LogP contribution is 2.34. The van der Waals surface area contributed by atoms with Gasteiger partial charge >= 0.3 is 0 Å². The van der Waals surface area contributed by atoms with Crippen LogP contribution in [0.25, 0.3) is 11.5 Å². The number of aromatic nitrogens is 1. The zero-order valence-corrected chi connectivity index (χ0v) is 17.7. The van der Waals surface area contributed by atoms with Crippen LogP contribution in [0.1, 0.15) is 25.8 Å². The fourth-order valence-corrected chi connectivity index (χ4v) is 5.74. The molecule has 1 heterocycles. The monoisotopic (exact) mass is 437 g/mol. The summed E-state index contributed by atoms with van der Waals surface area (Å²) in [5.41, 5.74) is 1.11. The molecule has 29 heavy (non-hydrogen) atoms. The third kappa shape index (κ3) is 3.97. The number of sulfone groups is 2. The number of hydrogen-bond acceptors (Lipinski definition) is 6. The van der Waals surface area contributed by atoms with Crippen LogP contribution >= 0.6 is 0 Å². The van der Waals surface area contributed by atoms with Crippen molar-refractivity contribution in [3.8, 4) is 11.5 Å². The first kappa shape index (κ1) is 21.2. The van der Waals surface area contributed by atoms with Gasteiger partial charge in [0.25, 0.3) is 5.09 Å². The first-order valence-electron chi connectivity index (χ1n) is 8.89. The van der Waals surface area contributed by atoms with Gasteiger partial charge in [-0.2, -0.15) is 4.98 Å². The number of nitrogens with zero attached hydrogens (tertiary/aromatic N) is 1. The van der Waals surface area contributed by atoms with Crippen LogP contribution in [0.5, 0.6) is 0 Å². The summed E-state index contributed by atoms with van der Waals surface area (Å²) in [6.45, 7) is 4.95. The highest BCUT2D eigenvalue weighted by Gasteiger charge is 2.37. The molecule has 0 aliphatic rings. The molecule has 0 spiro atoms. The van der Waals surface area contributed by atoms with Crippen LogP contribution in [0.4, 0.5) is 4.39 Å². The maximum Gasteiger partial charge on any atom is 0.258 e. The molecule has 154 valence electrons. The number of rotatable bonds is 6. The summed E-state index contributed by atoms with van der Waals surface area (Å²) in [6.07, 6.45) is 0.263. The molecule has 0 aliphatic heterocycles. The Morgan fingerprint density at radius 3 is 2.14 bits per heavy atom. The van der Waals surface area contributed by atoms with E-state index >= 15 is 0 Å². The smallest absolute Gasteiger partial charge is 0.258 e. The van der Waals surface area contributed by atoms with Gasteiger partial charge in [0.15, 0.2) is 0 Å². The van der Waals surface area contributed by atoms with Crippen LogP contribution in [-0.2, 0) is 19.7 Å². The molecule has 2 aromatic carbocycles. The van der Waals surface area contributed by atoms with Gasteiger partial charge < -0.3 is 4.42 Å². The van der Waals surface area contributed by atoms with Crippen LogP contribution < -0.4 is 0 Å². The van der Waals surface area contributed by atoms with Gasteiger partial charge in [0.2, 0.25) is 30.6 Å². The lowest BCUT2D eigenvalue weighted by molar-refractivity contribution is 0.441. The van der Waals surface area contributed by atoms with Crippen LogP contribution in [0, 0.1) is 12.7 Å². The molecule has 0 saturated heterocycles. The van der Waals surface area contributed by atoms with Gasteiger partial charge in [-0.25, -0.2) is 21.2 Å². The molecule has 1 aromatic heterocycles. The van der Waals surface area contributed by atoms with Gasteiger partial charge in [0, 0.05) is 5.56 Å². The van der Waals surface area contributed by atoms with Crippen molar-refractivity contribution in [3.63, 3.8) is 0 Å². The summed E-state index contributed by atoms with van der Waals surface area (Å²) in [5, 5.41) is -2.24. The predicted molar refractivity (Wildman–Crippen MR) is 105 cm³/mol. The minimum atomic E-state index is -4.26. The molecular formula is C20H20FNO5S2. The lowest BCUT2D eigenvalue weighted by atomic mass is 10.2. The van der Waals surface area contributed by atoms with Crippen LogP contribution in [0.2, 0.25) is 0 Å². The largest absolute Gasteiger partial charge is 0.423 e. The van der Waals surface area contributed by atoms with Crippen molar-refractivity contribution in [2.75, 3.05) is 0 Å². The first-order valence-corrected chi connectivity index (χ1v) is 11.9. The van der Waals surface area contributed by atoms with E-state index < -0.39 is 40.9 Å². The zero-order chi connectivity index (χ0) is 21.4. The summed E-state index contributed by atoms with van der Waals surface area (Å²) in [6, 6.07) is 11.0. The van der Waals surface area contributed by atoms with Gasteiger partial charge in [-0.05, 0) is 56.7 Å². The maximum atomic E-state index is 13.2. The van der Waals surface area contributed by atoms with Gasteiger partial charge in [-0.15, -0.1) is 0 Å². The third-order valence-corrected chi connectivity index (χ3v) is 8.60. The topological polar surface area (TPSA) is 94.3 Å². The molecular weight excluding hydrogens is 417 g/mol. The fourth-order valence-electron chi connectivity index (χ4n) is 2.59. The van der Waals surface area contributed by atoms with Gasteiger partial charge in [0.1, 0.15) is 5.82 Å². The number of benzene rings is 2. The Bertz CT molecular complexity index is 1230. The Hall–Kier alpha value is -2.52. The van der Waals surface area contributed by atoms with Gasteiger partial charge in [0.05, 0.1) is 10.1 Å². The summed E-state index contributed by atoms with van der Waals surface area (Å²) in [4.78, 5) is 3.91. The number of aryl methyl sites for hydroxylation is 1. The molecule has 0 radical (unpaired) electrons. The number of oxazole rings is 1. The second-order valence-corrected chi connectivity index (χ2v) is 10.8. The van der Waals surface area contributed by atoms with Gasteiger partial charge in [-0.1, -0.05) is 24.6 Å². The summed E-state index contributed by atoms with van der Waals surface area (Å²) in [7, 11) is -8.36. The Kier molecular flexibility index (Phi) is 5.64. The summed E-state index contributed by atoms with van der Waals surface area (Å²) in [5.74, 6) is -0.710. The average molecular weight is 438 g/mol. The van der Waals surface area contributed by atoms with Crippen molar-refractivity contribution < 1.29 is 25.6 Å². The Labute approximate surface area is 169 Å². The fraction of sp³-hybridized carbons (Fsp3) is 0.250. The molecule has 3 rings (SSSR count). The number of halogens is 1. The SMILES string of the molecule is CC[C@H](C)S(=O)(=O)c1oc(-c2ccc(F)cc2)nc1S(=O)(=O)c1ccc(C)cc1. The summed E-state index contributed by atoms with van der Waals surface area (Å²) < 4.78 is 71.0. The van der Waals surface area contributed by atoms with E-state index in [1.807, 2.05) is 0 Å². The molecule has 6 nitrogen and oxygen atoms in total. The lowest BCUT2D eigenvalue weighted by Crippen LogP contribution is -2.19. The molecule has 3 aromatic rings. The molecule has 0 aliphatic carbocycles. The van der Waals surface area contributed by atoms with Crippen molar-refractivity contribution in [1.29, 1.82) is 0 Å². The van der Waals surface area contributed by atoms with Crippen molar-refractivity contribution in [3.05, 3.63) is 59.9 Å². The molecule has 0 N–H and O–H groups in total. The van der Waals surface area contributed by atoms with E-state index in [2.05, 4.69) is 4.98 Å². The second-order valence-electron chi connectivity index (χ2n) is 6.70. The van der Waals surface area contributed by atoms with Crippen molar-refractivity contribution in [2.24, 2.45) is 0 Å². The van der Waals surface area contributed by atoms with Crippen molar-refractivity contribution in [2.45, 2.75) is 47.5 Å². The minimum Gasteiger partial charge on any atom is -0.423 e. The minimum absolute atomic E-state index is 0.0948. The molecule has 9 heteroatoms. The second kappa shape index (κ2) is 7.72. The quantitative estimate of drug-likeness (QED) is 0.574. The van der Waals surface area contributed by atoms with Crippen molar-refractivity contribution in [1.82, 2.24) is 4.98 Å². The Morgan fingerprint density at radius 1 is 1.00 bits per heavy atom. The average Bonchev–Trinajstić information content (AvgIpc) is 3.15. The molecule has 0 amide bonds. The zero-order valence-electron chi connectivity index (χ0n) is 16.1. The first-order chi connectivity index (χ1) is 13.6. The van der Waals surface area contributed by atoms with E-state index in [9.17, 15) is 21.2 Å². The highest BCUT2D eigenvalue weighted by atomic mass is 32.2. The molecule has 0 unspecified atom stereocenters. The van der Waals surface area contributed by atoms with E-state index in [0.29, 0.717) is 0 Å². The molecule has 0 saturated carbocycles. The van der Waals surface area contributed by atoms with Gasteiger partial charge in [-0.3, -0.25) is 0 Å². The molecule has 0 bridgehead atoms. The van der Waals surface area contributed by atoms with Crippen LogP contribution in [-0.4, -0.2) is 27.1 Å². The maximum absolute atomic E-state index is 13.2. The Morgan fingerprint density at radius 2 is 1.59 bits per heavy atom. The molecule has 1 atom stereocenters. The number of hydrogen-bond donors (Lipinski definition) is 0. The van der Waals surface area contributed by atoms with E-state index in [0.717, 1.165) is 17.7 Å².